The third-order valence-electron chi connectivity index (χ3n) is 6.83. The zero-order valence-electron chi connectivity index (χ0n) is 20.5. The SMILES string of the molecule is CC(C)Cc1ccc(C(=O)C2CCN(C(=O)C3CCN(C(=O)C(C)(C)C)CC3)CC2)cc1. The van der Waals surface area contributed by atoms with Gasteiger partial charge in [0.25, 0.3) is 0 Å². The molecule has 32 heavy (non-hydrogen) atoms. The molecule has 0 spiro atoms. The Bertz CT molecular complexity index is 806. The highest BCUT2D eigenvalue weighted by Crippen LogP contribution is 2.28. The van der Waals surface area contributed by atoms with Crippen molar-refractivity contribution >= 4 is 17.6 Å². The fourth-order valence-electron chi connectivity index (χ4n) is 4.94. The summed E-state index contributed by atoms with van der Waals surface area (Å²) in [6, 6.07) is 8.07. The lowest BCUT2D eigenvalue weighted by Crippen LogP contribution is -2.49. The number of rotatable bonds is 5. The maximum atomic E-state index is 13.0. The predicted octanol–water partition coefficient (Wildman–Crippen LogP) is 4.59. The molecule has 2 heterocycles. The molecule has 2 saturated heterocycles. The second-order valence-electron chi connectivity index (χ2n) is 11.1. The predicted molar refractivity (Wildman–Crippen MR) is 127 cm³/mol. The number of likely N-dealkylation sites (tertiary alicyclic amines) is 2. The number of nitrogens with zero attached hydrogens (tertiary/aromatic N) is 2. The summed E-state index contributed by atoms with van der Waals surface area (Å²) in [7, 11) is 0. The average Bonchev–Trinajstić information content (AvgIpc) is 2.77. The molecule has 0 aromatic heterocycles. The zero-order valence-corrected chi connectivity index (χ0v) is 20.5. The van der Waals surface area contributed by atoms with E-state index in [0.29, 0.717) is 32.1 Å². The number of benzene rings is 1. The lowest BCUT2D eigenvalue weighted by atomic mass is 9.87. The molecule has 0 N–H and O–H groups in total. The normalized spacial score (nSPS) is 18.8. The number of hydrogen-bond acceptors (Lipinski definition) is 3. The van der Waals surface area contributed by atoms with Gasteiger partial charge >= 0.3 is 0 Å². The van der Waals surface area contributed by atoms with Gasteiger partial charge in [-0.15, -0.1) is 0 Å². The van der Waals surface area contributed by atoms with Gasteiger partial charge in [-0.25, -0.2) is 0 Å². The zero-order chi connectivity index (χ0) is 23.5. The number of Topliss-reactive ketones (excluding diaryl/α,β-unsaturated/α-hetero) is 1. The summed E-state index contributed by atoms with van der Waals surface area (Å²) in [4.78, 5) is 42.3. The lowest BCUT2D eigenvalue weighted by Gasteiger charge is -2.38. The van der Waals surface area contributed by atoms with Crippen molar-refractivity contribution in [1.29, 1.82) is 0 Å². The largest absolute Gasteiger partial charge is 0.342 e. The Balaban J connectivity index is 1.47. The number of hydrogen-bond donors (Lipinski definition) is 0. The van der Waals surface area contributed by atoms with Crippen molar-refractivity contribution in [1.82, 2.24) is 9.80 Å². The van der Waals surface area contributed by atoms with Crippen molar-refractivity contribution in [2.45, 2.75) is 66.7 Å². The van der Waals surface area contributed by atoms with E-state index in [0.717, 1.165) is 37.7 Å². The topological polar surface area (TPSA) is 57.7 Å². The van der Waals surface area contributed by atoms with E-state index in [4.69, 9.17) is 0 Å². The Kier molecular flexibility index (Phi) is 7.79. The maximum Gasteiger partial charge on any atom is 0.227 e. The number of ketones is 1. The molecule has 5 nitrogen and oxygen atoms in total. The summed E-state index contributed by atoms with van der Waals surface area (Å²) in [5.41, 5.74) is 1.69. The molecule has 5 heteroatoms. The van der Waals surface area contributed by atoms with E-state index in [1.165, 1.54) is 5.56 Å². The van der Waals surface area contributed by atoms with E-state index in [-0.39, 0.29) is 34.8 Å². The second-order valence-corrected chi connectivity index (χ2v) is 11.1. The standard InChI is InChI=1S/C27H40N2O3/c1-19(2)18-20-6-8-21(9-7-20)24(30)22-10-14-28(15-11-22)25(31)23-12-16-29(17-13-23)26(32)27(3,4)5/h6-9,19,22-23H,10-18H2,1-5H3. The molecule has 3 rings (SSSR count). The van der Waals surface area contributed by atoms with Crippen LogP contribution in [0.2, 0.25) is 0 Å². The first-order valence-electron chi connectivity index (χ1n) is 12.3. The van der Waals surface area contributed by atoms with Crippen molar-refractivity contribution in [3.8, 4) is 0 Å². The highest BCUT2D eigenvalue weighted by molar-refractivity contribution is 5.98. The molecule has 0 unspecified atom stereocenters. The minimum atomic E-state index is -0.375. The number of piperidine rings is 2. The monoisotopic (exact) mass is 440 g/mol. The fraction of sp³-hybridized carbons (Fsp3) is 0.667. The summed E-state index contributed by atoms with van der Waals surface area (Å²) in [6.07, 6.45) is 3.97. The van der Waals surface area contributed by atoms with Crippen LogP contribution in [0.25, 0.3) is 0 Å². The molecule has 1 aromatic rings. The average molecular weight is 441 g/mol. The lowest BCUT2D eigenvalue weighted by molar-refractivity contribution is -0.145. The molecule has 1 aromatic carbocycles. The third kappa shape index (κ3) is 5.99. The van der Waals surface area contributed by atoms with Crippen molar-refractivity contribution in [2.24, 2.45) is 23.2 Å². The summed E-state index contributed by atoms with van der Waals surface area (Å²) in [5, 5.41) is 0. The Hall–Kier alpha value is -2.17. The van der Waals surface area contributed by atoms with Crippen LogP contribution in [-0.4, -0.2) is 53.6 Å². The number of carbonyl (C=O) groups excluding carboxylic acids is 3. The molecular weight excluding hydrogens is 400 g/mol. The number of carbonyl (C=O) groups is 3. The van der Waals surface area contributed by atoms with Gasteiger partial charge < -0.3 is 9.80 Å². The summed E-state index contributed by atoms with van der Waals surface area (Å²) < 4.78 is 0. The van der Waals surface area contributed by atoms with Crippen LogP contribution >= 0.6 is 0 Å². The van der Waals surface area contributed by atoms with E-state index in [9.17, 15) is 14.4 Å². The van der Waals surface area contributed by atoms with Crippen LogP contribution in [0.1, 0.15) is 76.2 Å². The molecule has 176 valence electrons. The second kappa shape index (κ2) is 10.2. The molecular formula is C27H40N2O3. The van der Waals surface area contributed by atoms with Gasteiger partial charge in [-0.05, 0) is 43.6 Å². The Morgan fingerprint density at radius 3 is 1.84 bits per heavy atom. The third-order valence-corrected chi connectivity index (χ3v) is 6.83. The van der Waals surface area contributed by atoms with Crippen molar-refractivity contribution in [2.75, 3.05) is 26.2 Å². The van der Waals surface area contributed by atoms with E-state index in [2.05, 4.69) is 26.0 Å². The number of amides is 2. The van der Waals surface area contributed by atoms with Crippen molar-refractivity contribution in [3.63, 3.8) is 0 Å². The van der Waals surface area contributed by atoms with Gasteiger partial charge in [0.1, 0.15) is 0 Å². The van der Waals surface area contributed by atoms with Gasteiger partial charge in [-0.2, -0.15) is 0 Å². The quantitative estimate of drug-likeness (QED) is 0.629. The van der Waals surface area contributed by atoms with Crippen LogP contribution in [0.4, 0.5) is 0 Å². The molecule has 0 radical (unpaired) electrons. The van der Waals surface area contributed by atoms with Crippen molar-refractivity contribution < 1.29 is 14.4 Å². The van der Waals surface area contributed by atoms with Gasteiger partial charge in [0.05, 0.1) is 0 Å². The highest BCUT2D eigenvalue weighted by atomic mass is 16.2. The molecule has 2 fully saturated rings. The summed E-state index contributed by atoms with van der Waals surface area (Å²) >= 11 is 0. The minimum Gasteiger partial charge on any atom is -0.342 e. The minimum absolute atomic E-state index is 0.000212. The Morgan fingerprint density at radius 1 is 0.844 bits per heavy atom. The molecule has 2 aliphatic heterocycles. The summed E-state index contributed by atoms with van der Waals surface area (Å²) in [6.45, 7) is 12.9. The molecule has 0 aliphatic carbocycles. The molecule has 2 aliphatic rings. The summed E-state index contributed by atoms with van der Waals surface area (Å²) in [5.74, 6) is 1.18. The molecule has 0 bridgehead atoms. The van der Waals surface area contributed by atoms with Gasteiger partial charge in [0, 0.05) is 49.0 Å². The first kappa shape index (κ1) is 24.5. The Morgan fingerprint density at radius 2 is 1.34 bits per heavy atom. The first-order valence-corrected chi connectivity index (χ1v) is 12.3. The van der Waals surface area contributed by atoms with Gasteiger partial charge in [-0.3, -0.25) is 14.4 Å². The van der Waals surface area contributed by atoms with E-state index < -0.39 is 0 Å². The van der Waals surface area contributed by atoms with Gasteiger partial charge in [0.2, 0.25) is 11.8 Å². The van der Waals surface area contributed by atoms with Crippen LogP contribution in [0, 0.1) is 23.2 Å². The van der Waals surface area contributed by atoms with Crippen LogP contribution < -0.4 is 0 Å². The first-order chi connectivity index (χ1) is 15.1. The smallest absolute Gasteiger partial charge is 0.227 e. The maximum absolute atomic E-state index is 13.0. The fourth-order valence-corrected chi connectivity index (χ4v) is 4.94. The van der Waals surface area contributed by atoms with Crippen LogP contribution in [-0.2, 0) is 16.0 Å². The van der Waals surface area contributed by atoms with Gasteiger partial charge in [-0.1, -0.05) is 58.9 Å². The van der Waals surface area contributed by atoms with Crippen LogP contribution in [0.15, 0.2) is 24.3 Å². The van der Waals surface area contributed by atoms with E-state index >= 15 is 0 Å². The Labute approximate surface area is 193 Å². The highest BCUT2D eigenvalue weighted by Gasteiger charge is 2.35. The van der Waals surface area contributed by atoms with Crippen molar-refractivity contribution in [3.05, 3.63) is 35.4 Å². The molecule has 2 amide bonds. The van der Waals surface area contributed by atoms with Gasteiger partial charge in [0.15, 0.2) is 5.78 Å². The van der Waals surface area contributed by atoms with E-state index in [1.807, 2.05) is 42.7 Å². The molecule has 0 saturated carbocycles. The molecule has 0 atom stereocenters. The van der Waals surface area contributed by atoms with Crippen LogP contribution in [0.3, 0.4) is 0 Å². The van der Waals surface area contributed by atoms with Crippen LogP contribution in [0.5, 0.6) is 0 Å². The van der Waals surface area contributed by atoms with E-state index in [1.54, 1.807) is 0 Å².